The first-order valence-corrected chi connectivity index (χ1v) is 8.66. The number of hydrogen-bond acceptors (Lipinski definition) is 6. The van der Waals surface area contributed by atoms with Crippen molar-refractivity contribution in [2.24, 2.45) is 5.92 Å². The maximum atomic E-state index is 13.0. The molecule has 2 aromatic rings. The number of amides is 1. The second-order valence-electron chi connectivity index (χ2n) is 6.16. The van der Waals surface area contributed by atoms with Crippen molar-refractivity contribution in [2.75, 3.05) is 38.9 Å². The molecule has 0 aliphatic heterocycles. The van der Waals surface area contributed by atoms with Crippen LogP contribution in [0.1, 0.15) is 12.8 Å². The number of nitrogens with zero attached hydrogens (tertiary/aromatic N) is 1. The normalized spacial score (nSPS) is 12.9. The van der Waals surface area contributed by atoms with E-state index in [0.29, 0.717) is 34.4 Å². The van der Waals surface area contributed by atoms with Crippen LogP contribution >= 0.6 is 0 Å². The van der Waals surface area contributed by atoms with Gasteiger partial charge in [-0.3, -0.25) is 10.2 Å². The molecule has 0 heterocycles. The summed E-state index contributed by atoms with van der Waals surface area (Å²) in [7, 11) is 6.31. The number of hydrogen-bond donors (Lipinski definition) is 1. The van der Waals surface area contributed by atoms with Crippen LogP contribution in [0.25, 0.3) is 0 Å². The fourth-order valence-corrected chi connectivity index (χ4v) is 2.73. The predicted molar refractivity (Wildman–Crippen MR) is 103 cm³/mol. The number of methoxy groups -OCH3 is 4. The van der Waals surface area contributed by atoms with E-state index in [4.69, 9.17) is 18.9 Å². The monoisotopic (exact) mass is 372 g/mol. The third-order valence-electron chi connectivity index (χ3n) is 4.42. The molecular weight excluding hydrogens is 348 g/mol. The van der Waals surface area contributed by atoms with Gasteiger partial charge in [0.1, 0.15) is 28.7 Å². The summed E-state index contributed by atoms with van der Waals surface area (Å²) < 4.78 is 21.4. The van der Waals surface area contributed by atoms with Crippen molar-refractivity contribution < 1.29 is 23.7 Å². The third-order valence-corrected chi connectivity index (χ3v) is 4.42. The van der Waals surface area contributed by atoms with Crippen molar-refractivity contribution >= 4 is 17.3 Å². The zero-order valence-corrected chi connectivity index (χ0v) is 15.9. The van der Waals surface area contributed by atoms with Crippen LogP contribution in [0, 0.1) is 5.92 Å². The number of anilines is 2. The molecule has 2 aromatic carbocycles. The van der Waals surface area contributed by atoms with E-state index in [2.05, 4.69) is 5.43 Å². The lowest BCUT2D eigenvalue weighted by Gasteiger charge is -2.27. The highest BCUT2D eigenvalue weighted by Crippen LogP contribution is 2.39. The lowest BCUT2D eigenvalue weighted by molar-refractivity contribution is -0.119. The van der Waals surface area contributed by atoms with Crippen LogP contribution < -0.4 is 29.4 Å². The highest BCUT2D eigenvalue weighted by Gasteiger charge is 2.35. The van der Waals surface area contributed by atoms with Crippen molar-refractivity contribution in [3.63, 3.8) is 0 Å². The Labute approximate surface area is 158 Å². The smallest absolute Gasteiger partial charge is 0.248 e. The summed E-state index contributed by atoms with van der Waals surface area (Å²) >= 11 is 0. The zero-order valence-electron chi connectivity index (χ0n) is 15.9. The molecule has 0 radical (unpaired) electrons. The van der Waals surface area contributed by atoms with E-state index in [0.717, 1.165) is 12.8 Å². The van der Waals surface area contributed by atoms with Crippen molar-refractivity contribution in [2.45, 2.75) is 12.8 Å². The topological polar surface area (TPSA) is 69.3 Å². The molecule has 0 bridgehead atoms. The van der Waals surface area contributed by atoms with E-state index >= 15 is 0 Å². The summed E-state index contributed by atoms with van der Waals surface area (Å²) in [6.45, 7) is 0. The fourth-order valence-electron chi connectivity index (χ4n) is 2.73. The largest absolute Gasteiger partial charge is 0.497 e. The average Bonchev–Trinajstić information content (AvgIpc) is 3.56. The van der Waals surface area contributed by atoms with Gasteiger partial charge >= 0.3 is 0 Å². The SMILES string of the molecule is COc1ccc(NN(C(=O)C2CC2)c2ccc(OC)cc2OC)c(OC)c1. The Morgan fingerprint density at radius 1 is 0.889 bits per heavy atom. The molecule has 1 N–H and O–H groups in total. The first kappa shape index (κ1) is 18.7. The molecule has 1 amide bonds. The molecule has 0 saturated heterocycles. The lowest BCUT2D eigenvalue weighted by atomic mass is 10.2. The molecule has 0 unspecified atom stereocenters. The van der Waals surface area contributed by atoms with Crippen molar-refractivity contribution in [3.05, 3.63) is 36.4 Å². The number of rotatable bonds is 8. The number of benzene rings is 2. The highest BCUT2D eigenvalue weighted by molar-refractivity contribution is 5.99. The molecule has 1 saturated carbocycles. The quantitative estimate of drug-likeness (QED) is 0.716. The molecule has 1 aliphatic carbocycles. The standard InChI is InChI=1S/C20H24N2O5/c1-24-14-7-9-16(18(11-14)26-3)21-22(20(23)13-5-6-13)17-10-8-15(25-2)12-19(17)27-4/h7-13,21H,5-6H2,1-4H3. The van der Waals surface area contributed by atoms with E-state index in [1.807, 2.05) is 0 Å². The fraction of sp³-hybridized carbons (Fsp3) is 0.350. The van der Waals surface area contributed by atoms with Gasteiger partial charge in [-0.05, 0) is 37.1 Å². The summed E-state index contributed by atoms with van der Waals surface area (Å²) in [6.07, 6.45) is 1.77. The molecule has 1 aliphatic rings. The van der Waals surface area contributed by atoms with Gasteiger partial charge in [0.2, 0.25) is 5.91 Å². The van der Waals surface area contributed by atoms with Crippen LogP contribution in [-0.2, 0) is 4.79 Å². The number of nitrogens with one attached hydrogen (secondary N) is 1. The minimum Gasteiger partial charge on any atom is -0.497 e. The summed E-state index contributed by atoms with van der Waals surface area (Å²) in [4.78, 5) is 13.0. The Balaban J connectivity index is 1.99. The summed E-state index contributed by atoms with van der Waals surface area (Å²) in [5, 5.41) is 1.51. The van der Waals surface area contributed by atoms with Gasteiger partial charge in [-0.15, -0.1) is 0 Å². The molecule has 1 fully saturated rings. The zero-order chi connectivity index (χ0) is 19.4. The van der Waals surface area contributed by atoms with Crippen LogP contribution in [0.4, 0.5) is 11.4 Å². The van der Waals surface area contributed by atoms with E-state index in [1.165, 1.54) is 5.01 Å². The maximum Gasteiger partial charge on any atom is 0.248 e. The van der Waals surface area contributed by atoms with Crippen LogP contribution in [0.2, 0.25) is 0 Å². The first-order valence-electron chi connectivity index (χ1n) is 8.66. The Morgan fingerprint density at radius 3 is 2.04 bits per heavy atom. The van der Waals surface area contributed by atoms with Crippen molar-refractivity contribution in [1.82, 2.24) is 0 Å². The molecule has 144 valence electrons. The van der Waals surface area contributed by atoms with Gasteiger partial charge in [0.25, 0.3) is 0 Å². The molecule has 3 rings (SSSR count). The molecule has 0 aromatic heterocycles. The minimum absolute atomic E-state index is 0.00792. The summed E-state index contributed by atoms with van der Waals surface area (Å²) in [6, 6.07) is 10.7. The number of ether oxygens (including phenoxy) is 4. The number of carbonyl (C=O) groups excluding carboxylic acids is 1. The van der Waals surface area contributed by atoms with E-state index in [1.54, 1.807) is 64.8 Å². The van der Waals surface area contributed by atoms with Gasteiger partial charge in [-0.25, -0.2) is 5.01 Å². The molecule has 27 heavy (non-hydrogen) atoms. The highest BCUT2D eigenvalue weighted by atomic mass is 16.5. The van der Waals surface area contributed by atoms with E-state index in [-0.39, 0.29) is 11.8 Å². The van der Waals surface area contributed by atoms with Crippen molar-refractivity contribution in [1.29, 1.82) is 0 Å². The van der Waals surface area contributed by atoms with Gasteiger partial charge in [0.05, 0.1) is 34.1 Å². The summed E-state index contributed by atoms with van der Waals surface area (Å²) in [5.41, 5.74) is 4.43. The lowest BCUT2D eigenvalue weighted by Crippen LogP contribution is -2.37. The second kappa shape index (κ2) is 8.07. The van der Waals surface area contributed by atoms with E-state index in [9.17, 15) is 4.79 Å². The molecule has 0 spiro atoms. The van der Waals surface area contributed by atoms with Crippen LogP contribution in [0.5, 0.6) is 23.0 Å². The predicted octanol–water partition coefficient (Wildman–Crippen LogP) is 3.49. The average molecular weight is 372 g/mol. The van der Waals surface area contributed by atoms with Gasteiger partial charge in [-0.2, -0.15) is 0 Å². The van der Waals surface area contributed by atoms with Crippen molar-refractivity contribution in [3.8, 4) is 23.0 Å². The number of carbonyl (C=O) groups is 1. The Kier molecular flexibility index (Phi) is 5.59. The van der Waals surface area contributed by atoms with Gasteiger partial charge in [0.15, 0.2) is 0 Å². The van der Waals surface area contributed by atoms with Crippen LogP contribution in [0.15, 0.2) is 36.4 Å². The van der Waals surface area contributed by atoms with Gasteiger partial charge in [-0.1, -0.05) is 0 Å². The Morgan fingerprint density at radius 2 is 1.48 bits per heavy atom. The second-order valence-corrected chi connectivity index (χ2v) is 6.16. The van der Waals surface area contributed by atoms with Gasteiger partial charge < -0.3 is 18.9 Å². The molecule has 7 nitrogen and oxygen atoms in total. The third kappa shape index (κ3) is 4.02. The molecular formula is C20H24N2O5. The maximum absolute atomic E-state index is 13.0. The Hall–Kier alpha value is -3.09. The minimum atomic E-state index is -0.0173. The van der Waals surface area contributed by atoms with E-state index < -0.39 is 0 Å². The van der Waals surface area contributed by atoms with Gasteiger partial charge in [0, 0.05) is 18.1 Å². The number of hydrazine groups is 1. The Bertz CT molecular complexity index is 820. The molecule has 7 heteroatoms. The first-order chi connectivity index (χ1) is 13.1. The van der Waals surface area contributed by atoms with Crippen LogP contribution in [0.3, 0.4) is 0 Å². The van der Waals surface area contributed by atoms with Crippen LogP contribution in [-0.4, -0.2) is 34.3 Å². The molecule has 0 atom stereocenters. The summed E-state index contributed by atoms with van der Waals surface area (Å²) in [5.74, 6) is 2.40.